The maximum atomic E-state index is 14.3. The van der Waals surface area contributed by atoms with Gasteiger partial charge in [-0.05, 0) is 56.8 Å². The van der Waals surface area contributed by atoms with E-state index in [1.807, 2.05) is 12.2 Å². The lowest BCUT2D eigenvalue weighted by atomic mass is 9.74. The highest BCUT2D eigenvalue weighted by Crippen LogP contribution is 2.55. The van der Waals surface area contributed by atoms with Crippen LogP contribution in [-0.2, 0) is 19.1 Å². The summed E-state index contributed by atoms with van der Waals surface area (Å²) in [5.74, 6) is -2.20. The summed E-state index contributed by atoms with van der Waals surface area (Å²) in [6, 6.07) is 4.68. The first kappa shape index (κ1) is 29.0. The van der Waals surface area contributed by atoms with Crippen LogP contribution in [0.3, 0.4) is 0 Å². The van der Waals surface area contributed by atoms with E-state index in [9.17, 15) is 14.4 Å². The Morgan fingerprint density at radius 3 is 2.56 bits per heavy atom. The van der Waals surface area contributed by atoms with Crippen molar-refractivity contribution in [3.05, 3.63) is 40.4 Å². The van der Waals surface area contributed by atoms with E-state index in [0.717, 1.165) is 51.5 Å². The summed E-state index contributed by atoms with van der Waals surface area (Å²) >= 11 is 12.2. The molecule has 3 saturated heterocycles. The van der Waals surface area contributed by atoms with Gasteiger partial charge in [0.2, 0.25) is 17.7 Å². The van der Waals surface area contributed by atoms with E-state index in [1.54, 1.807) is 23.1 Å². The fourth-order valence-electron chi connectivity index (χ4n) is 7.89. The summed E-state index contributed by atoms with van der Waals surface area (Å²) in [5.41, 5.74) is -0.665. The van der Waals surface area contributed by atoms with E-state index in [1.165, 1.54) is 12.8 Å². The van der Waals surface area contributed by atoms with E-state index in [2.05, 4.69) is 22.5 Å². The first-order valence-corrected chi connectivity index (χ1v) is 16.1. The number of fused-ring (bicyclic) bond motifs is 1. The number of carbonyl (C=O) groups is 3. The van der Waals surface area contributed by atoms with Crippen LogP contribution in [-0.4, -0.2) is 77.0 Å². The summed E-state index contributed by atoms with van der Waals surface area (Å²) in [7, 11) is 0. The number of nitrogens with one attached hydrogen (secondary N) is 2. The van der Waals surface area contributed by atoms with E-state index in [-0.39, 0.29) is 23.8 Å². The molecule has 4 fully saturated rings. The van der Waals surface area contributed by atoms with E-state index in [0.29, 0.717) is 34.9 Å². The summed E-state index contributed by atoms with van der Waals surface area (Å²) in [6.07, 6.45) is 13.0. The number of rotatable bonds is 8. The molecule has 6 rings (SSSR count). The van der Waals surface area contributed by atoms with Crippen LogP contribution in [0.15, 0.2) is 30.4 Å². The molecular formula is C31H40Cl2N4O4. The van der Waals surface area contributed by atoms with Crippen molar-refractivity contribution in [2.45, 2.75) is 94.5 Å². The average molecular weight is 604 g/mol. The van der Waals surface area contributed by atoms with Crippen molar-refractivity contribution in [1.29, 1.82) is 0 Å². The zero-order chi connectivity index (χ0) is 28.7. The summed E-state index contributed by atoms with van der Waals surface area (Å²) in [4.78, 5) is 46.2. The second-order valence-electron chi connectivity index (χ2n) is 12.3. The summed E-state index contributed by atoms with van der Waals surface area (Å²) < 4.78 is 6.50. The van der Waals surface area contributed by atoms with Crippen molar-refractivity contribution in [3.63, 3.8) is 0 Å². The predicted molar refractivity (Wildman–Crippen MR) is 159 cm³/mol. The van der Waals surface area contributed by atoms with Crippen LogP contribution in [0, 0.1) is 11.8 Å². The van der Waals surface area contributed by atoms with Gasteiger partial charge in [-0.15, -0.1) is 0 Å². The van der Waals surface area contributed by atoms with E-state index < -0.39 is 29.6 Å². The van der Waals surface area contributed by atoms with Gasteiger partial charge < -0.3 is 20.3 Å². The molecule has 2 bridgehead atoms. The van der Waals surface area contributed by atoms with Crippen LogP contribution >= 0.6 is 23.2 Å². The van der Waals surface area contributed by atoms with Crippen LogP contribution in [0.1, 0.15) is 64.7 Å². The molecule has 41 heavy (non-hydrogen) atoms. The lowest BCUT2D eigenvalue weighted by Crippen LogP contribution is -2.57. The SMILES string of the molecule is CCC1CCCCN1CCN1C(=O)[C@@H]2C(C(=O)Nc3ccc(Cl)c(Cl)c3)[C@@H]3C=CC2(O3)C1C(=O)NC1CCCCC1. The Bertz CT molecular complexity index is 1220. The molecule has 222 valence electrons. The number of benzene rings is 1. The Morgan fingerprint density at radius 2 is 1.80 bits per heavy atom. The van der Waals surface area contributed by atoms with Gasteiger partial charge in [-0.2, -0.15) is 0 Å². The molecule has 4 aliphatic heterocycles. The number of halogens is 2. The Balaban J connectivity index is 1.27. The number of hydrogen-bond acceptors (Lipinski definition) is 5. The topological polar surface area (TPSA) is 91.0 Å². The van der Waals surface area contributed by atoms with E-state index >= 15 is 0 Å². The summed E-state index contributed by atoms with van der Waals surface area (Å²) in [6.45, 7) is 4.34. The molecule has 3 amide bonds. The molecule has 6 atom stereocenters. The van der Waals surface area contributed by atoms with Gasteiger partial charge in [-0.25, -0.2) is 0 Å². The molecule has 8 nitrogen and oxygen atoms in total. The minimum Gasteiger partial charge on any atom is -0.359 e. The van der Waals surface area contributed by atoms with Gasteiger partial charge in [0, 0.05) is 30.9 Å². The first-order valence-electron chi connectivity index (χ1n) is 15.3. The van der Waals surface area contributed by atoms with Crippen LogP contribution in [0.2, 0.25) is 10.0 Å². The fraction of sp³-hybridized carbons (Fsp3) is 0.645. The monoisotopic (exact) mass is 602 g/mol. The maximum Gasteiger partial charge on any atom is 0.246 e. The molecule has 2 N–H and O–H groups in total. The Labute approximate surface area is 252 Å². The van der Waals surface area contributed by atoms with Crippen LogP contribution in [0.4, 0.5) is 5.69 Å². The number of hydrogen-bond donors (Lipinski definition) is 2. The molecule has 1 aliphatic carbocycles. The molecule has 1 saturated carbocycles. The zero-order valence-corrected chi connectivity index (χ0v) is 25.1. The first-order chi connectivity index (χ1) is 19.8. The zero-order valence-electron chi connectivity index (χ0n) is 23.6. The number of likely N-dealkylation sites (tertiary alicyclic amines) is 2. The molecule has 4 heterocycles. The average Bonchev–Trinajstić information content (AvgIpc) is 3.61. The maximum absolute atomic E-state index is 14.3. The van der Waals surface area contributed by atoms with Crippen LogP contribution < -0.4 is 10.6 Å². The largest absolute Gasteiger partial charge is 0.359 e. The molecule has 0 aromatic heterocycles. The molecule has 0 radical (unpaired) electrons. The summed E-state index contributed by atoms with van der Waals surface area (Å²) in [5, 5.41) is 6.90. The fourth-order valence-corrected chi connectivity index (χ4v) is 8.19. The number of piperidine rings is 1. The van der Waals surface area contributed by atoms with Crippen molar-refractivity contribution in [2.24, 2.45) is 11.8 Å². The highest BCUT2D eigenvalue weighted by atomic mass is 35.5. The van der Waals surface area contributed by atoms with Gasteiger partial charge in [-0.1, -0.05) is 68.0 Å². The Hall–Kier alpha value is -2.13. The molecule has 1 aromatic rings. The number of amides is 3. The van der Waals surface area contributed by atoms with Gasteiger partial charge in [-0.3, -0.25) is 19.3 Å². The highest BCUT2D eigenvalue weighted by molar-refractivity contribution is 6.42. The third-order valence-corrected chi connectivity index (χ3v) is 10.7. The molecule has 4 unspecified atom stereocenters. The number of carbonyl (C=O) groups excluding carboxylic acids is 3. The second-order valence-corrected chi connectivity index (χ2v) is 13.1. The van der Waals surface area contributed by atoms with Gasteiger partial charge in [0.25, 0.3) is 0 Å². The van der Waals surface area contributed by atoms with Crippen molar-refractivity contribution in [2.75, 3.05) is 25.0 Å². The predicted octanol–water partition coefficient (Wildman–Crippen LogP) is 4.80. The molecule has 1 spiro atoms. The second kappa shape index (κ2) is 11.9. The third kappa shape index (κ3) is 5.30. The van der Waals surface area contributed by atoms with E-state index in [4.69, 9.17) is 27.9 Å². The lowest BCUT2D eigenvalue weighted by molar-refractivity contribution is -0.141. The van der Waals surface area contributed by atoms with Gasteiger partial charge in [0.15, 0.2) is 0 Å². The van der Waals surface area contributed by atoms with Crippen molar-refractivity contribution in [3.8, 4) is 0 Å². The van der Waals surface area contributed by atoms with Crippen molar-refractivity contribution >= 4 is 46.6 Å². The smallest absolute Gasteiger partial charge is 0.246 e. The minimum atomic E-state index is -1.16. The normalized spacial score (nSPS) is 33.3. The lowest BCUT2D eigenvalue weighted by Gasteiger charge is -2.38. The van der Waals surface area contributed by atoms with Gasteiger partial charge in [0.05, 0.1) is 28.0 Å². The van der Waals surface area contributed by atoms with Gasteiger partial charge in [0.1, 0.15) is 11.6 Å². The third-order valence-electron chi connectivity index (χ3n) is 9.91. The molecule has 10 heteroatoms. The standard InChI is InChI=1S/C31H40Cl2N4O4/c1-2-21-10-6-7-15-36(21)16-17-37-27(29(39)34-19-8-4-3-5-9-19)31-14-13-24(41-31)25(26(31)30(37)40)28(38)35-20-11-12-22(32)23(33)18-20/h11-14,18-19,21,24-27H,2-10,15-17H2,1H3,(H,34,39)(H,35,38)/t21?,24-,25?,26-,27?,31?/m0/s1. The molecular weight excluding hydrogens is 563 g/mol. The van der Waals surface area contributed by atoms with Crippen molar-refractivity contribution in [1.82, 2.24) is 15.1 Å². The number of nitrogens with zero attached hydrogens (tertiary/aromatic N) is 2. The van der Waals surface area contributed by atoms with Crippen LogP contribution in [0.25, 0.3) is 0 Å². The number of anilines is 1. The van der Waals surface area contributed by atoms with Gasteiger partial charge >= 0.3 is 0 Å². The molecule has 1 aromatic carbocycles. The number of ether oxygens (including phenoxy) is 1. The van der Waals surface area contributed by atoms with Crippen molar-refractivity contribution < 1.29 is 19.1 Å². The minimum absolute atomic E-state index is 0.103. The highest BCUT2D eigenvalue weighted by Gasteiger charge is 2.72. The Morgan fingerprint density at radius 1 is 1.02 bits per heavy atom. The van der Waals surface area contributed by atoms with Crippen LogP contribution in [0.5, 0.6) is 0 Å². The Kier molecular flexibility index (Phi) is 8.38. The quantitative estimate of drug-likeness (QED) is 0.417. The molecule has 5 aliphatic rings.